The number of nitrogens with zero attached hydrogens (tertiary/aromatic N) is 1. The van der Waals surface area contributed by atoms with Crippen molar-refractivity contribution < 1.29 is 9.59 Å². The van der Waals surface area contributed by atoms with Gasteiger partial charge >= 0.3 is 0 Å². The van der Waals surface area contributed by atoms with E-state index in [0.717, 1.165) is 33.6 Å². The zero-order chi connectivity index (χ0) is 18.1. The second-order valence-electron chi connectivity index (χ2n) is 6.95. The van der Waals surface area contributed by atoms with Crippen LogP contribution in [0.5, 0.6) is 0 Å². The van der Waals surface area contributed by atoms with Gasteiger partial charge in [0.1, 0.15) is 0 Å². The summed E-state index contributed by atoms with van der Waals surface area (Å²) in [5, 5.41) is 3.02. The smallest absolute Gasteiger partial charge is 0.229 e. The van der Waals surface area contributed by atoms with Crippen LogP contribution in [0, 0.1) is 33.6 Å². The van der Waals surface area contributed by atoms with Crippen LogP contribution in [0.2, 0.25) is 0 Å². The summed E-state index contributed by atoms with van der Waals surface area (Å²) in [5.74, 6) is -0.402. The Hall–Kier alpha value is -2.62. The van der Waals surface area contributed by atoms with E-state index in [1.54, 1.807) is 4.90 Å². The van der Waals surface area contributed by atoms with Gasteiger partial charge in [-0.05, 0) is 56.0 Å². The van der Waals surface area contributed by atoms with Crippen LogP contribution in [0.4, 0.5) is 11.4 Å². The van der Waals surface area contributed by atoms with E-state index in [0.29, 0.717) is 6.54 Å². The van der Waals surface area contributed by atoms with Crippen LogP contribution in [-0.4, -0.2) is 18.4 Å². The van der Waals surface area contributed by atoms with Gasteiger partial charge in [-0.2, -0.15) is 0 Å². The summed E-state index contributed by atoms with van der Waals surface area (Å²) in [7, 11) is 0. The maximum Gasteiger partial charge on any atom is 0.229 e. The third kappa shape index (κ3) is 3.43. The summed E-state index contributed by atoms with van der Waals surface area (Å²) in [6, 6.07) is 12.0. The van der Waals surface area contributed by atoms with Crippen molar-refractivity contribution in [3.8, 4) is 0 Å². The van der Waals surface area contributed by atoms with Gasteiger partial charge < -0.3 is 10.2 Å². The summed E-state index contributed by atoms with van der Waals surface area (Å²) in [4.78, 5) is 26.9. The molecule has 0 saturated carbocycles. The first-order valence-electron chi connectivity index (χ1n) is 8.61. The predicted octanol–water partition coefficient (Wildman–Crippen LogP) is 3.91. The van der Waals surface area contributed by atoms with Gasteiger partial charge in [0.15, 0.2) is 0 Å². The van der Waals surface area contributed by atoms with Gasteiger partial charge in [-0.25, -0.2) is 0 Å². The van der Waals surface area contributed by atoms with E-state index >= 15 is 0 Å². The van der Waals surface area contributed by atoms with Crippen molar-refractivity contribution in [1.29, 1.82) is 0 Å². The molecule has 25 heavy (non-hydrogen) atoms. The Balaban J connectivity index is 1.78. The number of rotatable bonds is 3. The average molecular weight is 336 g/mol. The number of hydrogen-bond acceptors (Lipinski definition) is 2. The molecule has 2 amide bonds. The molecule has 1 aliphatic heterocycles. The number of anilines is 2. The number of amides is 2. The Labute approximate surface area is 148 Å². The van der Waals surface area contributed by atoms with Crippen LogP contribution < -0.4 is 10.2 Å². The molecule has 1 aliphatic rings. The zero-order valence-corrected chi connectivity index (χ0v) is 15.2. The first-order valence-corrected chi connectivity index (χ1v) is 8.61. The molecule has 130 valence electrons. The minimum Gasteiger partial charge on any atom is -0.325 e. The van der Waals surface area contributed by atoms with E-state index in [-0.39, 0.29) is 24.2 Å². The zero-order valence-electron chi connectivity index (χ0n) is 15.2. The number of hydrogen-bond donors (Lipinski definition) is 1. The highest BCUT2D eigenvalue weighted by Gasteiger charge is 2.35. The van der Waals surface area contributed by atoms with E-state index in [1.165, 1.54) is 0 Å². The molecule has 2 aromatic rings. The molecule has 0 bridgehead atoms. The summed E-state index contributed by atoms with van der Waals surface area (Å²) < 4.78 is 0. The number of nitrogens with one attached hydrogen (secondary N) is 1. The van der Waals surface area contributed by atoms with Gasteiger partial charge in [0.2, 0.25) is 11.8 Å². The molecule has 0 spiro atoms. The molecule has 1 N–H and O–H groups in total. The lowest BCUT2D eigenvalue weighted by Gasteiger charge is -2.20. The largest absolute Gasteiger partial charge is 0.325 e. The summed E-state index contributed by atoms with van der Waals surface area (Å²) in [5.41, 5.74) is 5.98. The van der Waals surface area contributed by atoms with Crippen molar-refractivity contribution in [2.24, 2.45) is 5.92 Å². The Bertz CT molecular complexity index is 822. The van der Waals surface area contributed by atoms with Crippen molar-refractivity contribution in [3.05, 3.63) is 58.7 Å². The molecule has 1 saturated heterocycles. The molecule has 0 aliphatic carbocycles. The topological polar surface area (TPSA) is 49.4 Å². The van der Waals surface area contributed by atoms with Crippen LogP contribution in [0.25, 0.3) is 0 Å². The standard InChI is InChI=1S/C21H24N2O2/c1-13-8-9-14(2)18(10-13)23-12-17(11-19(23)24)21(25)22-20-15(3)6-5-7-16(20)4/h5-10,17H,11-12H2,1-4H3,(H,22,25). The van der Waals surface area contributed by atoms with Crippen LogP contribution in [-0.2, 0) is 9.59 Å². The van der Waals surface area contributed by atoms with E-state index in [1.807, 2.05) is 64.1 Å². The molecule has 0 aromatic heterocycles. The second kappa shape index (κ2) is 6.71. The molecule has 1 atom stereocenters. The van der Waals surface area contributed by atoms with Gasteiger partial charge in [-0.3, -0.25) is 9.59 Å². The number of para-hydroxylation sites is 1. The molecule has 3 rings (SSSR count). The van der Waals surface area contributed by atoms with Crippen molar-refractivity contribution in [2.45, 2.75) is 34.1 Å². The van der Waals surface area contributed by atoms with Crippen molar-refractivity contribution >= 4 is 23.2 Å². The quantitative estimate of drug-likeness (QED) is 0.924. The van der Waals surface area contributed by atoms with Gasteiger partial charge in [0.25, 0.3) is 0 Å². The summed E-state index contributed by atoms with van der Waals surface area (Å²) in [6.07, 6.45) is 0.254. The number of carbonyl (C=O) groups is 2. The first-order chi connectivity index (χ1) is 11.9. The van der Waals surface area contributed by atoms with Crippen LogP contribution in [0.15, 0.2) is 36.4 Å². The van der Waals surface area contributed by atoms with Gasteiger partial charge in [0, 0.05) is 24.3 Å². The molecular weight excluding hydrogens is 312 g/mol. The minimum absolute atomic E-state index is 0.00959. The maximum atomic E-state index is 12.7. The number of aryl methyl sites for hydroxylation is 4. The number of benzene rings is 2. The second-order valence-corrected chi connectivity index (χ2v) is 6.95. The maximum absolute atomic E-state index is 12.7. The molecule has 4 heteroatoms. The van der Waals surface area contributed by atoms with Crippen LogP contribution in [0.1, 0.15) is 28.7 Å². The Morgan fingerprint density at radius 1 is 1.04 bits per heavy atom. The monoisotopic (exact) mass is 336 g/mol. The highest BCUT2D eigenvalue weighted by molar-refractivity contribution is 6.04. The Kier molecular flexibility index (Phi) is 4.62. The van der Waals surface area contributed by atoms with E-state index < -0.39 is 0 Å². The third-order valence-corrected chi connectivity index (χ3v) is 4.88. The van der Waals surface area contributed by atoms with Crippen molar-refractivity contribution in [1.82, 2.24) is 0 Å². The molecule has 1 heterocycles. The van der Waals surface area contributed by atoms with E-state index in [9.17, 15) is 9.59 Å². The highest BCUT2D eigenvalue weighted by Crippen LogP contribution is 2.30. The molecule has 4 nitrogen and oxygen atoms in total. The van der Waals surface area contributed by atoms with Crippen LogP contribution in [0.3, 0.4) is 0 Å². The van der Waals surface area contributed by atoms with Crippen molar-refractivity contribution in [3.63, 3.8) is 0 Å². The molecular formula is C21H24N2O2. The molecule has 1 fully saturated rings. The molecule has 0 radical (unpaired) electrons. The lowest BCUT2D eigenvalue weighted by Crippen LogP contribution is -2.29. The summed E-state index contributed by atoms with van der Waals surface area (Å²) >= 11 is 0. The lowest BCUT2D eigenvalue weighted by molar-refractivity contribution is -0.122. The van der Waals surface area contributed by atoms with E-state index in [2.05, 4.69) is 5.32 Å². The van der Waals surface area contributed by atoms with E-state index in [4.69, 9.17) is 0 Å². The fraction of sp³-hybridized carbons (Fsp3) is 0.333. The van der Waals surface area contributed by atoms with Gasteiger partial charge in [0.05, 0.1) is 5.92 Å². The highest BCUT2D eigenvalue weighted by atomic mass is 16.2. The minimum atomic E-state index is -0.327. The van der Waals surface area contributed by atoms with Gasteiger partial charge in [-0.15, -0.1) is 0 Å². The summed E-state index contributed by atoms with van der Waals surface area (Å²) in [6.45, 7) is 8.39. The SMILES string of the molecule is Cc1ccc(C)c(N2CC(C(=O)Nc3c(C)cccc3C)CC2=O)c1. The van der Waals surface area contributed by atoms with Crippen molar-refractivity contribution in [2.75, 3.05) is 16.8 Å². The molecule has 2 aromatic carbocycles. The predicted molar refractivity (Wildman–Crippen MR) is 101 cm³/mol. The average Bonchev–Trinajstić information content (AvgIpc) is 2.95. The fourth-order valence-electron chi connectivity index (χ4n) is 3.36. The number of carbonyl (C=O) groups excluding carboxylic acids is 2. The Morgan fingerprint density at radius 2 is 1.72 bits per heavy atom. The Morgan fingerprint density at radius 3 is 2.40 bits per heavy atom. The van der Waals surface area contributed by atoms with Gasteiger partial charge in [-0.1, -0.05) is 30.3 Å². The van der Waals surface area contributed by atoms with Crippen LogP contribution >= 0.6 is 0 Å². The first kappa shape index (κ1) is 17.2. The normalized spacial score (nSPS) is 17.0. The third-order valence-electron chi connectivity index (χ3n) is 4.88. The fourth-order valence-corrected chi connectivity index (χ4v) is 3.36. The lowest BCUT2D eigenvalue weighted by atomic mass is 10.1. The molecule has 1 unspecified atom stereocenters.